The normalized spacial score (nSPS) is 11.1. The minimum Gasteiger partial charge on any atom is -0.733 e. The number of carbonyl (C=O) groups is 1. The van der Waals surface area contributed by atoms with Crippen LogP contribution in [-0.2, 0) is 11.3 Å². The third-order valence-electron chi connectivity index (χ3n) is 1.84. The largest absolute Gasteiger partial charge is 0.733 e. The molecule has 1 aromatic rings. The van der Waals surface area contributed by atoms with Gasteiger partial charge in [0, 0.05) is 6.54 Å². The van der Waals surface area contributed by atoms with Crippen LogP contribution in [0.4, 0.5) is 18.9 Å². The number of amides is 1. The maximum atomic E-state index is 11.8. The lowest BCUT2D eigenvalue weighted by atomic mass is 10.2. The first kappa shape index (κ1) is 13.3. The van der Waals surface area contributed by atoms with Crippen LogP contribution in [-0.4, -0.2) is 17.3 Å². The number of rotatable bonds is 3. The molecular weight excluding hydrogens is 241 g/mol. The summed E-state index contributed by atoms with van der Waals surface area (Å²) in [4.78, 5) is 10.5. The SMILES string of the molecule is O=C(NCc1cccc(N([O-])O)c1)C(F)(F)F. The van der Waals surface area contributed by atoms with Crippen LogP contribution in [0.25, 0.3) is 0 Å². The maximum Gasteiger partial charge on any atom is 0.471 e. The Kier molecular flexibility index (Phi) is 3.92. The van der Waals surface area contributed by atoms with Crippen LogP contribution in [0.5, 0.6) is 0 Å². The molecule has 1 aromatic carbocycles. The van der Waals surface area contributed by atoms with E-state index in [1.165, 1.54) is 18.2 Å². The molecule has 0 spiro atoms. The summed E-state index contributed by atoms with van der Waals surface area (Å²) in [6, 6.07) is 5.20. The molecule has 0 bridgehead atoms. The van der Waals surface area contributed by atoms with Gasteiger partial charge in [-0.3, -0.25) is 10.0 Å². The summed E-state index contributed by atoms with van der Waals surface area (Å²) in [5, 5.41) is 20.3. The number of hydrogen-bond acceptors (Lipinski definition) is 4. The summed E-state index contributed by atoms with van der Waals surface area (Å²) in [5.74, 6) is -2.06. The number of carbonyl (C=O) groups excluding carboxylic acids is 1. The zero-order chi connectivity index (χ0) is 13.1. The highest BCUT2D eigenvalue weighted by molar-refractivity contribution is 5.81. The molecule has 1 rings (SSSR count). The van der Waals surface area contributed by atoms with Crippen molar-refractivity contribution < 1.29 is 23.2 Å². The monoisotopic (exact) mass is 249 g/mol. The second kappa shape index (κ2) is 5.02. The molecule has 5 nitrogen and oxygen atoms in total. The van der Waals surface area contributed by atoms with E-state index in [2.05, 4.69) is 0 Å². The average Bonchev–Trinajstić information content (AvgIpc) is 2.25. The lowest BCUT2D eigenvalue weighted by Gasteiger charge is -2.22. The first-order valence-electron chi connectivity index (χ1n) is 4.41. The molecule has 0 aromatic heterocycles. The van der Waals surface area contributed by atoms with E-state index in [0.717, 1.165) is 6.07 Å². The van der Waals surface area contributed by atoms with Gasteiger partial charge in [-0.15, -0.1) is 0 Å². The van der Waals surface area contributed by atoms with Gasteiger partial charge in [-0.25, -0.2) is 0 Å². The third-order valence-corrected chi connectivity index (χ3v) is 1.84. The molecule has 0 fully saturated rings. The van der Waals surface area contributed by atoms with Crippen LogP contribution in [0, 0.1) is 5.21 Å². The van der Waals surface area contributed by atoms with Crippen molar-refractivity contribution in [3.05, 3.63) is 35.0 Å². The van der Waals surface area contributed by atoms with Crippen molar-refractivity contribution in [1.82, 2.24) is 5.32 Å². The lowest BCUT2D eigenvalue weighted by Crippen LogP contribution is -2.36. The van der Waals surface area contributed by atoms with Gasteiger partial charge < -0.3 is 15.8 Å². The Bertz CT molecular complexity index is 407. The molecule has 0 aliphatic heterocycles. The van der Waals surface area contributed by atoms with Gasteiger partial charge in [0.1, 0.15) is 0 Å². The van der Waals surface area contributed by atoms with Gasteiger partial charge in [0.05, 0.1) is 5.69 Å². The van der Waals surface area contributed by atoms with Gasteiger partial charge in [-0.1, -0.05) is 12.1 Å². The molecule has 0 aliphatic carbocycles. The number of nitrogens with one attached hydrogen (secondary N) is 1. The molecule has 0 aliphatic rings. The van der Waals surface area contributed by atoms with Crippen molar-refractivity contribution in [2.45, 2.75) is 12.7 Å². The summed E-state index contributed by atoms with van der Waals surface area (Å²) < 4.78 is 35.5. The Labute approximate surface area is 94.0 Å². The number of nitrogens with zero attached hydrogens (tertiary/aromatic N) is 1. The van der Waals surface area contributed by atoms with Crippen molar-refractivity contribution >= 4 is 11.6 Å². The summed E-state index contributed by atoms with van der Waals surface area (Å²) in [5.41, 5.74) is 0.124. The summed E-state index contributed by atoms with van der Waals surface area (Å²) in [6.07, 6.45) is -4.95. The minimum absolute atomic E-state index is 0.135. The highest BCUT2D eigenvalue weighted by atomic mass is 19.4. The maximum absolute atomic E-state index is 11.8. The Morgan fingerprint density at radius 1 is 1.47 bits per heavy atom. The van der Waals surface area contributed by atoms with Crippen LogP contribution in [0.3, 0.4) is 0 Å². The zero-order valence-corrected chi connectivity index (χ0v) is 8.36. The van der Waals surface area contributed by atoms with E-state index >= 15 is 0 Å². The van der Waals surface area contributed by atoms with Crippen molar-refractivity contribution in [2.75, 3.05) is 5.23 Å². The van der Waals surface area contributed by atoms with Crippen LogP contribution in [0.15, 0.2) is 24.3 Å². The van der Waals surface area contributed by atoms with Crippen molar-refractivity contribution in [3.63, 3.8) is 0 Å². The molecular formula is C9H8F3N2O3-. The fourth-order valence-electron chi connectivity index (χ4n) is 1.07. The summed E-state index contributed by atoms with van der Waals surface area (Å²) >= 11 is 0. The summed E-state index contributed by atoms with van der Waals surface area (Å²) in [6.45, 7) is -0.389. The van der Waals surface area contributed by atoms with Crippen molar-refractivity contribution in [2.24, 2.45) is 0 Å². The van der Waals surface area contributed by atoms with Gasteiger partial charge in [0.2, 0.25) is 0 Å². The average molecular weight is 249 g/mol. The van der Waals surface area contributed by atoms with Gasteiger partial charge >= 0.3 is 12.1 Å². The van der Waals surface area contributed by atoms with E-state index in [0.29, 0.717) is 0 Å². The molecule has 2 N–H and O–H groups in total. The van der Waals surface area contributed by atoms with Gasteiger partial charge in [-0.05, 0) is 17.7 Å². The standard InChI is InChI=1S/C9H8F3N2O3/c10-9(11,12)8(15)13-5-6-2-1-3-7(4-6)14(16)17/h1-4,16H,5H2,(H,13,15)/q-1. The Morgan fingerprint density at radius 3 is 2.65 bits per heavy atom. The van der Waals surface area contributed by atoms with Crippen LogP contribution < -0.4 is 10.5 Å². The first-order chi connectivity index (χ1) is 7.80. The first-order valence-corrected chi connectivity index (χ1v) is 4.41. The zero-order valence-electron chi connectivity index (χ0n) is 8.36. The molecule has 17 heavy (non-hydrogen) atoms. The van der Waals surface area contributed by atoms with E-state index in [1.54, 1.807) is 5.32 Å². The molecule has 0 unspecified atom stereocenters. The second-order valence-corrected chi connectivity index (χ2v) is 3.12. The van der Waals surface area contributed by atoms with Gasteiger partial charge in [0.15, 0.2) is 0 Å². The van der Waals surface area contributed by atoms with Crippen molar-refractivity contribution in [3.8, 4) is 0 Å². The molecule has 0 heterocycles. The fourth-order valence-corrected chi connectivity index (χ4v) is 1.07. The highest BCUT2D eigenvalue weighted by Crippen LogP contribution is 2.16. The van der Waals surface area contributed by atoms with E-state index < -0.39 is 17.3 Å². The predicted molar refractivity (Wildman–Crippen MR) is 52.0 cm³/mol. The summed E-state index contributed by atoms with van der Waals surface area (Å²) in [7, 11) is 0. The van der Waals surface area contributed by atoms with E-state index in [1.807, 2.05) is 0 Å². The molecule has 1 amide bonds. The molecule has 0 radical (unpaired) electrons. The third kappa shape index (κ3) is 3.93. The molecule has 8 heteroatoms. The molecule has 0 saturated carbocycles. The number of benzene rings is 1. The molecule has 0 saturated heterocycles. The minimum atomic E-state index is -4.95. The van der Waals surface area contributed by atoms with Crippen LogP contribution in [0.2, 0.25) is 0 Å². The van der Waals surface area contributed by atoms with Crippen LogP contribution in [0.1, 0.15) is 5.56 Å². The van der Waals surface area contributed by atoms with E-state index in [-0.39, 0.29) is 17.8 Å². The lowest BCUT2D eigenvalue weighted by molar-refractivity contribution is -0.173. The van der Waals surface area contributed by atoms with Crippen molar-refractivity contribution in [1.29, 1.82) is 0 Å². The van der Waals surface area contributed by atoms with Gasteiger partial charge in [-0.2, -0.15) is 13.2 Å². The Morgan fingerprint density at radius 2 is 2.12 bits per heavy atom. The Balaban J connectivity index is 2.64. The molecule has 0 atom stereocenters. The van der Waals surface area contributed by atoms with Crippen LogP contribution >= 0.6 is 0 Å². The Hall–Kier alpha value is -1.80. The van der Waals surface area contributed by atoms with E-state index in [9.17, 15) is 23.2 Å². The predicted octanol–water partition coefficient (Wildman–Crippen LogP) is 1.56. The highest BCUT2D eigenvalue weighted by Gasteiger charge is 2.38. The number of hydrogen-bond donors (Lipinski definition) is 2. The molecule has 94 valence electrons. The smallest absolute Gasteiger partial charge is 0.471 e. The van der Waals surface area contributed by atoms with Gasteiger partial charge in [0.25, 0.3) is 0 Å². The fraction of sp³-hybridized carbons (Fsp3) is 0.222. The number of anilines is 1. The quantitative estimate of drug-likeness (QED) is 0.797. The topological polar surface area (TPSA) is 75.6 Å². The number of halogens is 3. The number of alkyl halides is 3. The van der Waals surface area contributed by atoms with E-state index in [4.69, 9.17) is 5.21 Å². The second-order valence-electron chi connectivity index (χ2n) is 3.12.